The molecule has 0 N–H and O–H groups in total. The molecule has 0 spiro atoms. The fourth-order valence-electron chi connectivity index (χ4n) is 2.97. The summed E-state index contributed by atoms with van der Waals surface area (Å²) in [4.78, 5) is 7.87. The van der Waals surface area contributed by atoms with Crippen LogP contribution in [0.3, 0.4) is 0 Å². The Hall–Kier alpha value is -2.91. The highest BCUT2D eigenvalue weighted by atomic mass is 19.4. The van der Waals surface area contributed by atoms with Gasteiger partial charge in [0.05, 0.1) is 12.5 Å². The number of aromatic nitrogens is 4. The first-order valence-corrected chi connectivity index (χ1v) is 9.59. The number of benzene rings is 1. The Kier molecular flexibility index (Phi) is 6.14. The van der Waals surface area contributed by atoms with Crippen LogP contribution in [0.1, 0.15) is 67.8 Å². The summed E-state index contributed by atoms with van der Waals surface area (Å²) in [5.41, 5.74) is 1.91. The number of nitrogens with zero attached hydrogens (tertiary/aromatic N) is 4. The van der Waals surface area contributed by atoms with E-state index in [1.54, 1.807) is 12.1 Å². The fraction of sp³-hybridized carbons (Fsp3) is 0.500. The third-order valence-corrected chi connectivity index (χ3v) is 4.63. The molecule has 7 nitrogen and oxygen atoms in total. The standard InChI is InChI=1S/C20H23F3N4O3/c1-6-13(16-24-18(10(2)3)29-26-16)9-28-15-11(4)7-14(8-12(15)5)17-25-19(30-27-17)20(21,22)23/h7-8,10,13H,6,9H2,1-5H3. The van der Waals surface area contributed by atoms with E-state index in [1.165, 1.54) is 0 Å². The lowest BCUT2D eigenvalue weighted by molar-refractivity contribution is -0.159. The largest absolute Gasteiger partial charge is 0.492 e. The lowest BCUT2D eigenvalue weighted by Gasteiger charge is -2.16. The molecule has 0 saturated carbocycles. The molecule has 0 fully saturated rings. The van der Waals surface area contributed by atoms with Crippen molar-refractivity contribution < 1.29 is 27.0 Å². The van der Waals surface area contributed by atoms with Crippen LogP contribution in [0.2, 0.25) is 0 Å². The van der Waals surface area contributed by atoms with Gasteiger partial charge in [0.2, 0.25) is 11.7 Å². The van der Waals surface area contributed by atoms with Crippen molar-refractivity contribution in [3.05, 3.63) is 40.9 Å². The minimum atomic E-state index is -4.68. The van der Waals surface area contributed by atoms with Crippen LogP contribution in [0.25, 0.3) is 11.4 Å². The van der Waals surface area contributed by atoms with Gasteiger partial charge in [-0.2, -0.15) is 23.1 Å². The first-order valence-electron chi connectivity index (χ1n) is 9.59. The van der Waals surface area contributed by atoms with Crippen LogP contribution in [-0.4, -0.2) is 26.9 Å². The molecular weight excluding hydrogens is 401 g/mol. The Morgan fingerprint density at radius 3 is 2.20 bits per heavy atom. The minimum absolute atomic E-state index is 0.0497. The molecule has 0 amide bonds. The maximum Gasteiger partial charge on any atom is 0.471 e. The molecule has 3 rings (SSSR count). The molecule has 162 valence electrons. The van der Waals surface area contributed by atoms with Crippen molar-refractivity contribution in [2.45, 2.75) is 59.1 Å². The van der Waals surface area contributed by atoms with E-state index in [0.717, 1.165) is 17.5 Å². The third-order valence-electron chi connectivity index (χ3n) is 4.63. The zero-order valence-corrected chi connectivity index (χ0v) is 17.4. The summed E-state index contributed by atoms with van der Waals surface area (Å²) in [6.07, 6.45) is -3.92. The quantitative estimate of drug-likeness (QED) is 0.498. The molecule has 3 aromatic rings. The molecule has 1 unspecified atom stereocenters. The van der Waals surface area contributed by atoms with E-state index in [2.05, 4.69) is 24.8 Å². The van der Waals surface area contributed by atoms with Crippen LogP contribution in [0, 0.1) is 13.8 Å². The third kappa shape index (κ3) is 4.63. The van der Waals surface area contributed by atoms with Crippen LogP contribution in [0.4, 0.5) is 13.2 Å². The lowest BCUT2D eigenvalue weighted by atomic mass is 10.0. The molecule has 0 aliphatic heterocycles. The summed E-state index contributed by atoms with van der Waals surface area (Å²) in [5.74, 6) is 0.415. The Bertz CT molecular complexity index is 988. The number of alkyl halides is 3. The maximum absolute atomic E-state index is 12.7. The predicted molar refractivity (Wildman–Crippen MR) is 101 cm³/mol. The monoisotopic (exact) mass is 424 g/mol. The van der Waals surface area contributed by atoms with Gasteiger partial charge in [-0.25, -0.2) is 0 Å². The van der Waals surface area contributed by atoms with Gasteiger partial charge in [0.15, 0.2) is 5.82 Å². The average molecular weight is 424 g/mol. The van der Waals surface area contributed by atoms with E-state index >= 15 is 0 Å². The SMILES string of the molecule is CCC(COc1c(C)cc(-c2noc(C(F)(F)F)n2)cc1C)c1noc(C(C)C)n1. The van der Waals surface area contributed by atoms with Crippen molar-refractivity contribution in [3.63, 3.8) is 0 Å². The van der Waals surface area contributed by atoms with Crippen molar-refractivity contribution in [2.75, 3.05) is 6.61 Å². The Balaban J connectivity index is 1.77. The molecule has 1 atom stereocenters. The summed E-state index contributed by atoms with van der Waals surface area (Å²) in [7, 11) is 0. The first kappa shape index (κ1) is 21.8. The van der Waals surface area contributed by atoms with Crippen LogP contribution in [0.5, 0.6) is 5.75 Å². The second kappa shape index (κ2) is 8.45. The number of ether oxygens (including phenoxy) is 1. The molecule has 30 heavy (non-hydrogen) atoms. The van der Waals surface area contributed by atoms with Gasteiger partial charge < -0.3 is 13.8 Å². The highest BCUT2D eigenvalue weighted by Gasteiger charge is 2.38. The summed E-state index contributed by atoms with van der Waals surface area (Å²) < 4.78 is 53.7. The normalized spacial score (nSPS) is 13.1. The smallest absolute Gasteiger partial charge is 0.471 e. The molecule has 2 aromatic heterocycles. The Morgan fingerprint density at radius 1 is 1.03 bits per heavy atom. The molecule has 0 radical (unpaired) electrons. The van der Waals surface area contributed by atoms with Crippen LogP contribution in [0.15, 0.2) is 21.2 Å². The molecule has 10 heteroatoms. The predicted octanol–water partition coefficient (Wildman–Crippen LogP) is 5.45. The van der Waals surface area contributed by atoms with Gasteiger partial charge in [-0.15, -0.1) is 0 Å². The summed E-state index contributed by atoms with van der Waals surface area (Å²) >= 11 is 0. The number of aryl methyl sites for hydroxylation is 2. The second-order valence-corrected chi connectivity index (χ2v) is 7.42. The second-order valence-electron chi connectivity index (χ2n) is 7.42. The highest BCUT2D eigenvalue weighted by Crippen LogP contribution is 2.33. The summed E-state index contributed by atoms with van der Waals surface area (Å²) in [5, 5.41) is 7.49. The first-order chi connectivity index (χ1) is 14.1. The van der Waals surface area contributed by atoms with Crippen molar-refractivity contribution in [2.24, 2.45) is 0 Å². The zero-order chi connectivity index (χ0) is 22.1. The Labute approximate surface area is 171 Å². The molecule has 0 aliphatic rings. The van der Waals surface area contributed by atoms with E-state index in [0.29, 0.717) is 29.6 Å². The number of hydrogen-bond acceptors (Lipinski definition) is 7. The van der Waals surface area contributed by atoms with Gasteiger partial charge >= 0.3 is 12.1 Å². The molecule has 0 saturated heterocycles. The highest BCUT2D eigenvalue weighted by molar-refractivity contribution is 5.61. The van der Waals surface area contributed by atoms with Crippen molar-refractivity contribution in [1.29, 1.82) is 0 Å². The van der Waals surface area contributed by atoms with Gasteiger partial charge in [0.1, 0.15) is 5.75 Å². The van der Waals surface area contributed by atoms with Crippen molar-refractivity contribution >= 4 is 0 Å². The number of hydrogen-bond donors (Lipinski definition) is 0. The van der Waals surface area contributed by atoms with Gasteiger partial charge in [0.25, 0.3) is 0 Å². The van der Waals surface area contributed by atoms with Gasteiger partial charge in [-0.05, 0) is 43.5 Å². The molecule has 1 aromatic carbocycles. The molecule has 0 bridgehead atoms. The van der Waals surface area contributed by atoms with E-state index < -0.39 is 12.1 Å². The fourth-order valence-corrected chi connectivity index (χ4v) is 2.97. The molecule has 2 heterocycles. The summed E-state index contributed by atoms with van der Waals surface area (Å²) in [6.45, 7) is 9.92. The van der Waals surface area contributed by atoms with E-state index in [9.17, 15) is 13.2 Å². The van der Waals surface area contributed by atoms with Crippen molar-refractivity contribution in [1.82, 2.24) is 20.3 Å². The van der Waals surface area contributed by atoms with Crippen molar-refractivity contribution in [3.8, 4) is 17.1 Å². The summed E-state index contributed by atoms with van der Waals surface area (Å²) in [6, 6.07) is 3.33. The van der Waals surface area contributed by atoms with Gasteiger partial charge in [-0.1, -0.05) is 31.1 Å². The van der Waals surface area contributed by atoms with E-state index in [-0.39, 0.29) is 17.7 Å². The lowest BCUT2D eigenvalue weighted by Crippen LogP contribution is -2.12. The van der Waals surface area contributed by atoms with E-state index in [1.807, 2.05) is 34.6 Å². The van der Waals surface area contributed by atoms with Crippen LogP contribution < -0.4 is 4.74 Å². The Morgan fingerprint density at radius 2 is 1.70 bits per heavy atom. The minimum Gasteiger partial charge on any atom is -0.492 e. The van der Waals surface area contributed by atoms with Crippen LogP contribution in [-0.2, 0) is 6.18 Å². The average Bonchev–Trinajstić information content (AvgIpc) is 3.33. The van der Waals surface area contributed by atoms with Gasteiger partial charge in [-0.3, -0.25) is 0 Å². The number of halogens is 3. The van der Waals surface area contributed by atoms with Gasteiger partial charge in [0, 0.05) is 11.5 Å². The maximum atomic E-state index is 12.7. The topological polar surface area (TPSA) is 87.1 Å². The molecule has 0 aliphatic carbocycles. The number of rotatable bonds is 7. The molecular formula is C20H23F3N4O3. The van der Waals surface area contributed by atoms with Crippen LogP contribution >= 0.6 is 0 Å². The van der Waals surface area contributed by atoms with E-state index in [4.69, 9.17) is 9.26 Å². The zero-order valence-electron chi connectivity index (χ0n) is 17.4.